The Morgan fingerprint density at radius 1 is 1.44 bits per heavy atom. The molecule has 0 saturated heterocycles. The Bertz CT molecular complexity index is 435. The molecule has 0 spiro atoms. The van der Waals surface area contributed by atoms with Gasteiger partial charge in [-0.25, -0.2) is 0 Å². The quantitative estimate of drug-likeness (QED) is 0.914. The topological polar surface area (TPSA) is 21.3 Å². The number of rotatable bonds is 3. The van der Waals surface area contributed by atoms with E-state index in [0.29, 0.717) is 6.04 Å². The fourth-order valence-electron chi connectivity index (χ4n) is 2.74. The highest BCUT2D eigenvalue weighted by Gasteiger charge is 2.33. The van der Waals surface area contributed by atoms with Crippen molar-refractivity contribution in [3.05, 3.63) is 28.2 Å². The first-order chi connectivity index (χ1) is 8.74. The van der Waals surface area contributed by atoms with E-state index in [9.17, 15) is 0 Å². The van der Waals surface area contributed by atoms with Gasteiger partial charge in [0.05, 0.1) is 6.61 Å². The third-order valence-electron chi connectivity index (χ3n) is 4.15. The van der Waals surface area contributed by atoms with Crippen molar-refractivity contribution in [1.82, 2.24) is 5.32 Å². The Kier molecular flexibility index (Phi) is 3.62. The van der Waals surface area contributed by atoms with Gasteiger partial charge in [-0.15, -0.1) is 0 Å². The van der Waals surface area contributed by atoms with Gasteiger partial charge in [-0.1, -0.05) is 28.9 Å². The van der Waals surface area contributed by atoms with Gasteiger partial charge >= 0.3 is 0 Å². The predicted octanol–water partition coefficient (Wildman–Crippen LogP) is 3.91. The molecule has 3 rings (SSSR count). The van der Waals surface area contributed by atoms with Crippen LogP contribution < -0.4 is 10.1 Å². The monoisotopic (exact) mass is 309 g/mol. The summed E-state index contributed by atoms with van der Waals surface area (Å²) in [6, 6.07) is 6.86. The largest absolute Gasteiger partial charge is 0.493 e. The Labute approximate surface area is 117 Å². The molecule has 2 aliphatic rings. The van der Waals surface area contributed by atoms with E-state index in [1.54, 1.807) is 0 Å². The van der Waals surface area contributed by atoms with E-state index in [2.05, 4.69) is 46.4 Å². The molecule has 0 aromatic heterocycles. The second-order valence-electron chi connectivity index (χ2n) is 5.61. The van der Waals surface area contributed by atoms with Crippen LogP contribution in [0.5, 0.6) is 5.75 Å². The van der Waals surface area contributed by atoms with Crippen molar-refractivity contribution in [3.8, 4) is 5.75 Å². The Morgan fingerprint density at radius 2 is 2.28 bits per heavy atom. The lowest BCUT2D eigenvalue weighted by Gasteiger charge is -2.18. The standard InChI is InChI=1S/C15H20BrNO/c1-10-7-11(10)9-17-14-3-2-6-18-15-8-12(16)4-5-13(14)15/h4-5,8,10-11,14,17H,2-3,6-7,9H2,1H3. The zero-order valence-corrected chi connectivity index (χ0v) is 12.4. The van der Waals surface area contributed by atoms with Crippen molar-refractivity contribution in [2.75, 3.05) is 13.2 Å². The minimum atomic E-state index is 0.461. The van der Waals surface area contributed by atoms with Crippen molar-refractivity contribution >= 4 is 15.9 Å². The normalized spacial score (nSPS) is 30.2. The number of halogens is 1. The van der Waals surface area contributed by atoms with Crippen LogP contribution in [0.25, 0.3) is 0 Å². The molecule has 1 N–H and O–H groups in total. The van der Waals surface area contributed by atoms with Gasteiger partial charge in [-0.2, -0.15) is 0 Å². The summed E-state index contributed by atoms with van der Waals surface area (Å²) in [7, 11) is 0. The van der Waals surface area contributed by atoms with Crippen molar-refractivity contribution in [3.63, 3.8) is 0 Å². The second-order valence-corrected chi connectivity index (χ2v) is 6.52. The molecule has 0 amide bonds. The molecule has 1 heterocycles. The highest BCUT2D eigenvalue weighted by Crippen LogP contribution is 2.39. The lowest BCUT2D eigenvalue weighted by molar-refractivity contribution is 0.315. The van der Waals surface area contributed by atoms with Crippen molar-refractivity contribution < 1.29 is 4.74 Å². The van der Waals surface area contributed by atoms with Gasteiger partial charge in [0.1, 0.15) is 5.75 Å². The molecule has 1 aromatic rings. The van der Waals surface area contributed by atoms with Gasteiger partial charge in [-0.05, 0) is 49.8 Å². The molecule has 1 aliphatic heterocycles. The van der Waals surface area contributed by atoms with Crippen LogP contribution in [-0.2, 0) is 0 Å². The summed E-state index contributed by atoms with van der Waals surface area (Å²) in [4.78, 5) is 0. The molecule has 3 heteroatoms. The van der Waals surface area contributed by atoms with E-state index in [1.165, 1.54) is 18.4 Å². The summed E-state index contributed by atoms with van der Waals surface area (Å²) >= 11 is 3.52. The summed E-state index contributed by atoms with van der Waals surface area (Å²) in [6.07, 6.45) is 3.70. The third kappa shape index (κ3) is 2.72. The van der Waals surface area contributed by atoms with E-state index in [0.717, 1.165) is 41.6 Å². The number of hydrogen-bond donors (Lipinski definition) is 1. The first-order valence-corrected chi connectivity index (χ1v) is 7.69. The molecule has 98 valence electrons. The minimum absolute atomic E-state index is 0.461. The van der Waals surface area contributed by atoms with Crippen molar-refractivity contribution in [2.45, 2.75) is 32.2 Å². The lowest BCUT2D eigenvalue weighted by Crippen LogP contribution is -2.23. The summed E-state index contributed by atoms with van der Waals surface area (Å²) < 4.78 is 6.93. The molecule has 3 atom stereocenters. The zero-order valence-electron chi connectivity index (χ0n) is 10.8. The smallest absolute Gasteiger partial charge is 0.125 e. The first-order valence-electron chi connectivity index (χ1n) is 6.89. The number of nitrogens with one attached hydrogen (secondary N) is 1. The molecule has 0 bridgehead atoms. The highest BCUT2D eigenvalue weighted by molar-refractivity contribution is 9.10. The first kappa shape index (κ1) is 12.5. The average molecular weight is 310 g/mol. The molecule has 0 radical (unpaired) electrons. The fraction of sp³-hybridized carbons (Fsp3) is 0.600. The van der Waals surface area contributed by atoms with E-state index in [1.807, 2.05) is 0 Å². The van der Waals surface area contributed by atoms with Crippen LogP contribution in [0.2, 0.25) is 0 Å². The molecular formula is C15H20BrNO. The average Bonchev–Trinajstić information content (AvgIpc) is 3.08. The van der Waals surface area contributed by atoms with Crippen LogP contribution in [0, 0.1) is 11.8 Å². The molecular weight excluding hydrogens is 290 g/mol. The number of fused-ring (bicyclic) bond motifs is 1. The van der Waals surface area contributed by atoms with Crippen molar-refractivity contribution in [1.29, 1.82) is 0 Å². The maximum Gasteiger partial charge on any atom is 0.125 e. The highest BCUT2D eigenvalue weighted by atomic mass is 79.9. The van der Waals surface area contributed by atoms with Gasteiger partial charge in [0.25, 0.3) is 0 Å². The molecule has 1 saturated carbocycles. The number of hydrogen-bond acceptors (Lipinski definition) is 2. The lowest BCUT2D eigenvalue weighted by atomic mass is 10.0. The van der Waals surface area contributed by atoms with Gasteiger partial charge in [0, 0.05) is 16.1 Å². The zero-order chi connectivity index (χ0) is 12.5. The van der Waals surface area contributed by atoms with E-state index < -0.39 is 0 Å². The van der Waals surface area contributed by atoms with Crippen LogP contribution in [0.4, 0.5) is 0 Å². The third-order valence-corrected chi connectivity index (χ3v) is 4.64. The van der Waals surface area contributed by atoms with Gasteiger partial charge in [-0.3, -0.25) is 0 Å². The van der Waals surface area contributed by atoms with Crippen LogP contribution >= 0.6 is 15.9 Å². The predicted molar refractivity (Wildman–Crippen MR) is 76.9 cm³/mol. The van der Waals surface area contributed by atoms with E-state index in [4.69, 9.17) is 4.74 Å². The molecule has 2 nitrogen and oxygen atoms in total. The Hall–Kier alpha value is -0.540. The minimum Gasteiger partial charge on any atom is -0.493 e. The summed E-state index contributed by atoms with van der Waals surface area (Å²) in [5.41, 5.74) is 1.32. The van der Waals surface area contributed by atoms with Crippen molar-refractivity contribution in [2.24, 2.45) is 11.8 Å². The van der Waals surface area contributed by atoms with Crippen LogP contribution in [0.15, 0.2) is 22.7 Å². The summed E-state index contributed by atoms with van der Waals surface area (Å²) in [5.74, 6) is 2.86. The maximum absolute atomic E-state index is 5.83. The molecule has 1 fully saturated rings. The molecule has 1 aromatic carbocycles. The van der Waals surface area contributed by atoms with Crippen LogP contribution in [0.1, 0.15) is 37.8 Å². The van der Waals surface area contributed by atoms with Gasteiger partial charge in [0.2, 0.25) is 0 Å². The number of ether oxygens (including phenoxy) is 1. The number of benzene rings is 1. The van der Waals surface area contributed by atoms with Gasteiger partial charge in [0.15, 0.2) is 0 Å². The second kappa shape index (κ2) is 5.22. The maximum atomic E-state index is 5.83. The molecule has 3 unspecified atom stereocenters. The van der Waals surface area contributed by atoms with Crippen LogP contribution in [-0.4, -0.2) is 13.2 Å². The Balaban J connectivity index is 1.73. The fourth-order valence-corrected chi connectivity index (χ4v) is 3.08. The van der Waals surface area contributed by atoms with Gasteiger partial charge < -0.3 is 10.1 Å². The SMILES string of the molecule is CC1CC1CNC1CCCOc2cc(Br)ccc21. The Morgan fingerprint density at radius 3 is 3.06 bits per heavy atom. The molecule has 18 heavy (non-hydrogen) atoms. The van der Waals surface area contributed by atoms with Crippen LogP contribution in [0.3, 0.4) is 0 Å². The van der Waals surface area contributed by atoms with E-state index in [-0.39, 0.29) is 0 Å². The summed E-state index contributed by atoms with van der Waals surface area (Å²) in [6.45, 7) is 4.33. The van der Waals surface area contributed by atoms with E-state index >= 15 is 0 Å². The molecule has 1 aliphatic carbocycles. The summed E-state index contributed by atoms with van der Waals surface area (Å²) in [5, 5.41) is 3.73.